The predicted molar refractivity (Wildman–Crippen MR) is 77.9 cm³/mol. The lowest BCUT2D eigenvalue weighted by molar-refractivity contribution is 0.102. The number of benzene rings is 2. The van der Waals surface area contributed by atoms with Crippen molar-refractivity contribution in [1.29, 1.82) is 0 Å². The highest BCUT2D eigenvalue weighted by Crippen LogP contribution is 2.24. The molecule has 0 heterocycles. The fraction of sp³-hybridized carbons (Fsp3) is 0. The first-order valence-corrected chi connectivity index (χ1v) is 6.46. The number of carbonyl (C=O) groups is 1. The van der Waals surface area contributed by atoms with Crippen molar-refractivity contribution >= 4 is 44.8 Å². The second-order valence-electron chi connectivity index (χ2n) is 3.79. The lowest BCUT2D eigenvalue weighted by atomic mass is 10.2. The molecule has 0 aromatic heterocycles. The summed E-state index contributed by atoms with van der Waals surface area (Å²) in [6, 6.07) is 9.22. The summed E-state index contributed by atoms with van der Waals surface area (Å²) in [7, 11) is 0. The Bertz CT molecular complexity index is 649. The molecule has 2 aromatic rings. The highest BCUT2D eigenvalue weighted by molar-refractivity contribution is 9.10. The molecule has 0 saturated heterocycles. The van der Waals surface area contributed by atoms with E-state index in [0.29, 0.717) is 11.4 Å². The SMILES string of the molecule is Nc1cc(Br)ccc1NC(=O)c1cccc(Cl)c1F. The van der Waals surface area contributed by atoms with E-state index in [-0.39, 0.29) is 10.6 Å². The summed E-state index contributed by atoms with van der Waals surface area (Å²) >= 11 is 8.89. The molecule has 0 bridgehead atoms. The zero-order chi connectivity index (χ0) is 14.0. The van der Waals surface area contributed by atoms with Crippen molar-refractivity contribution in [3.8, 4) is 0 Å². The number of nitrogens with two attached hydrogens (primary N) is 1. The summed E-state index contributed by atoms with van der Waals surface area (Å²) in [6.07, 6.45) is 0. The maximum Gasteiger partial charge on any atom is 0.258 e. The monoisotopic (exact) mass is 342 g/mol. The molecule has 6 heteroatoms. The van der Waals surface area contributed by atoms with Gasteiger partial charge in [0.05, 0.1) is 22.0 Å². The Kier molecular flexibility index (Phi) is 4.07. The minimum absolute atomic E-state index is 0.101. The van der Waals surface area contributed by atoms with E-state index >= 15 is 0 Å². The van der Waals surface area contributed by atoms with E-state index in [1.165, 1.54) is 18.2 Å². The summed E-state index contributed by atoms with van der Waals surface area (Å²) in [5.41, 5.74) is 6.41. The largest absolute Gasteiger partial charge is 0.397 e. The third-order valence-corrected chi connectivity index (χ3v) is 3.24. The molecule has 98 valence electrons. The van der Waals surface area contributed by atoms with Crippen LogP contribution in [0.4, 0.5) is 15.8 Å². The molecule has 0 aliphatic heterocycles. The van der Waals surface area contributed by atoms with Crippen molar-refractivity contribution in [1.82, 2.24) is 0 Å². The van der Waals surface area contributed by atoms with Crippen LogP contribution in [-0.4, -0.2) is 5.91 Å². The van der Waals surface area contributed by atoms with Gasteiger partial charge in [-0.15, -0.1) is 0 Å². The maximum absolute atomic E-state index is 13.7. The van der Waals surface area contributed by atoms with Crippen molar-refractivity contribution in [2.75, 3.05) is 11.1 Å². The average molecular weight is 344 g/mol. The van der Waals surface area contributed by atoms with Crippen molar-refractivity contribution < 1.29 is 9.18 Å². The van der Waals surface area contributed by atoms with E-state index in [9.17, 15) is 9.18 Å². The predicted octanol–water partition coefficient (Wildman–Crippen LogP) is 4.08. The molecule has 1 amide bonds. The Morgan fingerprint density at radius 2 is 2.05 bits per heavy atom. The van der Waals surface area contributed by atoms with Crippen LogP contribution in [-0.2, 0) is 0 Å². The Labute approximate surface area is 122 Å². The molecular formula is C13H9BrClFN2O. The molecule has 0 radical (unpaired) electrons. The number of anilines is 2. The topological polar surface area (TPSA) is 55.1 Å². The average Bonchev–Trinajstić information content (AvgIpc) is 2.36. The molecule has 2 aromatic carbocycles. The van der Waals surface area contributed by atoms with Gasteiger partial charge in [0.1, 0.15) is 0 Å². The first kappa shape index (κ1) is 13.8. The third kappa shape index (κ3) is 3.05. The highest BCUT2D eigenvalue weighted by atomic mass is 79.9. The van der Waals surface area contributed by atoms with Crippen molar-refractivity contribution in [3.05, 3.63) is 57.3 Å². The smallest absolute Gasteiger partial charge is 0.258 e. The first-order chi connectivity index (χ1) is 8.99. The Morgan fingerprint density at radius 3 is 2.74 bits per heavy atom. The van der Waals surface area contributed by atoms with Gasteiger partial charge in [0, 0.05) is 4.47 Å². The van der Waals surface area contributed by atoms with Gasteiger partial charge in [0.25, 0.3) is 5.91 Å². The number of nitrogens with one attached hydrogen (secondary N) is 1. The molecule has 0 atom stereocenters. The minimum atomic E-state index is -0.752. The van der Waals surface area contributed by atoms with Crippen LogP contribution < -0.4 is 11.1 Å². The highest BCUT2D eigenvalue weighted by Gasteiger charge is 2.15. The Balaban J connectivity index is 2.28. The Hall–Kier alpha value is -1.59. The number of amides is 1. The summed E-state index contributed by atoms with van der Waals surface area (Å²) in [6.45, 7) is 0. The lowest BCUT2D eigenvalue weighted by Gasteiger charge is -2.09. The van der Waals surface area contributed by atoms with Crippen LogP contribution in [0.5, 0.6) is 0 Å². The molecule has 3 nitrogen and oxygen atoms in total. The second-order valence-corrected chi connectivity index (χ2v) is 5.11. The molecule has 0 aliphatic rings. The van der Waals surface area contributed by atoms with E-state index < -0.39 is 11.7 Å². The number of hydrogen-bond acceptors (Lipinski definition) is 2. The van der Waals surface area contributed by atoms with Crippen LogP contribution in [0.15, 0.2) is 40.9 Å². The van der Waals surface area contributed by atoms with Gasteiger partial charge in [-0.3, -0.25) is 4.79 Å². The zero-order valence-corrected chi connectivity index (χ0v) is 11.9. The molecule has 0 unspecified atom stereocenters. The van der Waals surface area contributed by atoms with Crippen molar-refractivity contribution in [3.63, 3.8) is 0 Å². The quantitative estimate of drug-likeness (QED) is 0.807. The normalized spacial score (nSPS) is 10.3. The fourth-order valence-electron chi connectivity index (χ4n) is 1.52. The Morgan fingerprint density at radius 1 is 1.32 bits per heavy atom. The maximum atomic E-state index is 13.7. The van der Waals surface area contributed by atoms with Gasteiger partial charge in [-0.1, -0.05) is 33.6 Å². The zero-order valence-electron chi connectivity index (χ0n) is 9.58. The third-order valence-electron chi connectivity index (χ3n) is 2.46. The van der Waals surface area contributed by atoms with E-state index in [2.05, 4.69) is 21.2 Å². The van der Waals surface area contributed by atoms with Crippen LogP contribution in [0.25, 0.3) is 0 Å². The van der Waals surface area contributed by atoms with Gasteiger partial charge in [-0.25, -0.2) is 4.39 Å². The van der Waals surface area contributed by atoms with Gasteiger partial charge in [-0.2, -0.15) is 0 Å². The molecule has 0 aliphatic carbocycles. The molecule has 0 saturated carbocycles. The van der Waals surface area contributed by atoms with Crippen molar-refractivity contribution in [2.24, 2.45) is 0 Å². The van der Waals surface area contributed by atoms with E-state index in [0.717, 1.165) is 4.47 Å². The number of halogens is 3. The van der Waals surface area contributed by atoms with Crippen LogP contribution in [0.2, 0.25) is 5.02 Å². The van der Waals surface area contributed by atoms with Gasteiger partial charge < -0.3 is 11.1 Å². The molecule has 0 spiro atoms. The van der Waals surface area contributed by atoms with Gasteiger partial charge in [0.15, 0.2) is 5.82 Å². The van der Waals surface area contributed by atoms with Crippen LogP contribution in [0, 0.1) is 5.82 Å². The lowest BCUT2D eigenvalue weighted by Crippen LogP contribution is -2.15. The number of rotatable bonds is 2. The molecule has 19 heavy (non-hydrogen) atoms. The number of nitrogen functional groups attached to an aromatic ring is 1. The minimum Gasteiger partial charge on any atom is -0.397 e. The van der Waals surface area contributed by atoms with E-state index in [1.807, 2.05) is 0 Å². The van der Waals surface area contributed by atoms with E-state index in [1.54, 1.807) is 18.2 Å². The van der Waals surface area contributed by atoms with Crippen molar-refractivity contribution in [2.45, 2.75) is 0 Å². The summed E-state index contributed by atoms with van der Waals surface area (Å²) in [5.74, 6) is -1.36. The summed E-state index contributed by atoms with van der Waals surface area (Å²) < 4.78 is 14.5. The molecular weight excluding hydrogens is 335 g/mol. The first-order valence-electron chi connectivity index (χ1n) is 5.29. The fourth-order valence-corrected chi connectivity index (χ4v) is 2.07. The van der Waals surface area contributed by atoms with Gasteiger partial charge >= 0.3 is 0 Å². The number of carbonyl (C=O) groups excluding carboxylic acids is 1. The standard InChI is InChI=1S/C13H9BrClFN2O/c14-7-4-5-11(10(17)6-7)18-13(19)8-2-1-3-9(15)12(8)16/h1-6H,17H2,(H,18,19). The van der Waals surface area contributed by atoms with Crippen LogP contribution in [0.3, 0.4) is 0 Å². The van der Waals surface area contributed by atoms with Gasteiger partial charge in [0.2, 0.25) is 0 Å². The van der Waals surface area contributed by atoms with E-state index in [4.69, 9.17) is 17.3 Å². The summed E-state index contributed by atoms with van der Waals surface area (Å²) in [4.78, 5) is 11.9. The van der Waals surface area contributed by atoms with Crippen LogP contribution in [0.1, 0.15) is 10.4 Å². The molecule has 2 rings (SSSR count). The number of hydrogen-bond donors (Lipinski definition) is 2. The van der Waals surface area contributed by atoms with Gasteiger partial charge in [-0.05, 0) is 30.3 Å². The molecule has 3 N–H and O–H groups in total. The van der Waals surface area contributed by atoms with Crippen LogP contribution >= 0.6 is 27.5 Å². The second kappa shape index (κ2) is 5.59. The molecule has 0 fully saturated rings. The summed E-state index contributed by atoms with van der Waals surface area (Å²) in [5, 5.41) is 2.44.